The molecule has 4 aromatic carbocycles. The number of benzene rings is 4. The van der Waals surface area contributed by atoms with Gasteiger partial charge in [0, 0.05) is 0 Å². The summed E-state index contributed by atoms with van der Waals surface area (Å²) in [7, 11) is -0.618. The maximum Gasteiger partial charge on any atom is 0.0967 e. The van der Waals surface area contributed by atoms with E-state index >= 15 is 0 Å². The van der Waals surface area contributed by atoms with Crippen molar-refractivity contribution >= 4 is 60.3 Å². The monoisotopic (exact) mass is 496 g/mol. The molecule has 0 bridgehead atoms. The summed E-state index contributed by atoms with van der Waals surface area (Å²) in [6.07, 6.45) is 3.72. The maximum atomic E-state index is 4.76. The summed E-state index contributed by atoms with van der Waals surface area (Å²) in [5.41, 5.74) is 0. The zero-order valence-electron chi connectivity index (χ0n) is 18.0. The highest BCUT2D eigenvalue weighted by atomic mass is 35.5. The molecule has 0 aliphatic rings. The Morgan fingerprint density at radius 1 is 0.406 bits per heavy atom. The van der Waals surface area contributed by atoms with Crippen LogP contribution < -0.4 is 21.2 Å². The Labute approximate surface area is 205 Å². The van der Waals surface area contributed by atoms with E-state index in [0.29, 0.717) is 0 Å². The first-order valence-corrected chi connectivity index (χ1v) is 14.8. The Morgan fingerprint density at radius 2 is 0.625 bits per heavy atom. The molecule has 0 heterocycles. The largest absolute Gasteiger partial charge is 0.109 e. The molecule has 0 nitrogen and oxygen atoms in total. The standard InChI is InChI=1S/C27H26P2.CH2Cl2/c1-5-14-24(15-6-1)28(25-16-7-2-8-17-25)22-13-23-29(26-18-9-3-10-19-26)27-20-11-4-12-21-27;2-1-3/h1-12,14-21H,13,22-23H2;1H2. The van der Waals surface area contributed by atoms with Crippen LogP contribution in [0.5, 0.6) is 0 Å². The van der Waals surface area contributed by atoms with Gasteiger partial charge in [-0.05, 0) is 55.8 Å². The van der Waals surface area contributed by atoms with Gasteiger partial charge in [0.15, 0.2) is 0 Å². The highest BCUT2D eigenvalue weighted by molar-refractivity contribution is 7.74. The molecule has 4 heteroatoms. The molecule has 0 aromatic heterocycles. The summed E-state index contributed by atoms with van der Waals surface area (Å²) in [4.78, 5) is 0. The average molecular weight is 497 g/mol. The van der Waals surface area contributed by atoms with Crippen LogP contribution in [0, 0.1) is 0 Å². The van der Waals surface area contributed by atoms with Crippen LogP contribution in [0.4, 0.5) is 0 Å². The molecule has 0 atom stereocenters. The Bertz CT molecular complexity index is 835. The predicted octanol–water partition coefficient (Wildman–Crippen LogP) is 7.06. The number of rotatable bonds is 8. The molecular formula is C28H28Cl2P2. The van der Waals surface area contributed by atoms with Gasteiger partial charge in [-0.1, -0.05) is 121 Å². The van der Waals surface area contributed by atoms with Gasteiger partial charge in [0.2, 0.25) is 0 Å². The van der Waals surface area contributed by atoms with Crippen molar-refractivity contribution in [3.8, 4) is 0 Å². The van der Waals surface area contributed by atoms with Crippen LogP contribution in [0.1, 0.15) is 6.42 Å². The average Bonchev–Trinajstić information content (AvgIpc) is 2.87. The Morgan fingerprint density at radius 3 is 0.844 bits per heavy atom. The van der Waals surface area contributed by atoms with E-state index in [2.05, 4.69) is 121 Å². The van der Waals surface area contributed by atoms with Crippen LogP contribution in [0.2, 0.25) is 0 Å². The Kier molecular flexibility index (Phi) is 11.3. The lowest BCUT2D eigenvalue weighted by molar-refractivity contribution is 1.11. The minimum absolute atomic E-state index is 0.194. The lowest BCUT2D eigenvalue weighted by Crippen LogP contribution is -2.17. The normalized spacial score (nSPS) is 10.6. The second-order valence-corrected chi connectivity index (χ2v) is 12.6. The Hall–Kier alpha value is -1.68. The fraction of sp³-hybridized carbons (Fsp3) is 0.143. The van der Waals surface area contributed by atoms with Crippen molar-refractivity contribution in [2.24, 2.45) is 0 Å². The maximum absolute atomic E-state index is 4.76. The molecule has 0 radical (unpaired) electrons. The van der Waals surface area contributed by atoms with E-state index in [4.69, 9.17) is 23.2 Å². The zero-order chi connectivity index (χ0) is 22.4. The quantitative estimate of drug-likeness (QED) is 0.181. The van der Waals surface area contributed by atoms with Gasteiger partial charge in [-0.2, -0.15) is 0 Å². The van der Waals surface area contributed by atoms with Crippen LogP contribution in [0.15, 0.2) is 121 Å². The van der Waals surface area contributed by atoms with Gasteiger partial charge in [0.25, 0.3) is 0 Å². The molecule has 164 valence electrons. The molecule has 0 aliphatic carbocycles. The van der Waals surface area contributed by atoms with Gasteiger partial charge in [-0.15, -0.1) is 23.2 Å². The van der Waals surface area contributed by atoms with Crippen molar-refractivity contribution in [3.05, 3.63) is 121 Å². The van der Waals surface area contributed by atoms with Gasteiger partial charge in [-0.3, -0.25) is 0 Å². The molecule has 4 rings (SSSR count). The molecule has 0 amide bonds. The summed E-state index contributed by atoms with van der Waals surface area (Å²) in [5.74, 6) is 0. The lowest BCUT2D eigenvalue weighted by atomic mass is 10.4. The van der Waals surface area contributed by atoms with Crippen molar-refractivity contribution in [1.82, 2.24) is 0 Å². The molecular weight excluding hydrogens is 469 g/mol. The van der Waals surface area contributed by atoms with Gasteiger partial charge >= 0.3 is 0 Å². The first-order chi connectivity index (χ1) is 15.8. The van der Waals surface area contributed by atoms with Crippen molar-refractivity contribution in [2.45, 2.75) is 6.42 Å². The van der Waals surface area contributed by atoms with E-state index in [9.17, 15) is 0 Å². The van der Waals surface area contributed by atoms with Crippen LogP contribution >= 0.6 is 39.0 Å². The summed E-state index contributed by atoms with van der Waals surface area (Å²) in [6.45, 7) is 0. The molecule has 0 saturated heterocycles. The van der Waals surface area contributed by atoms with Gasteiger partial charge in [0.05, 0.1) is 5.34 Å². The van der Waals surface area contributed by atoms with E-state index in [1.165, 1.54) is 40.0 Å². The van der Waals surface area contributed by atoms with E-state index in [0.717, 1.165) is 0 Å². The van der Waals surface area contributed by atoms with Crippen molar-refractivity contribution in [2.75, 3.05) is 17.7 Å². The Balaban J connectivity index is 0.000000913. The van der Waals surface area contributed by atoms with Crippen LogP contribution in [0.3, 0.4) is 0 Å². The number of hydrogen-bond acceptors (Lipinski definition) is 0. The summed E-state index contributed by atoms with van der Waals surface area (Å²) >= 11 is 9.53. The predicted molar refractivity (Wildman–Crippen MR) is 149 cm³/mol. The topological polar surface area (TPSA) is 0 Å². The smallest absolute Gasteiger partial charge is 0.0967 e. The third kappa shape index (κ3) is 7.72. The first kappa shape index (κ1) is 25.0. The van der Waals surface area contributed by atoms with Crippen molar-refractivity contribution < 1.29 is 0 Å². The van der Waals surface area contributed by atoms with E-state index in [-0.39, 0.29) is 21.2 Å². The minimum Gasteiger partial charge on any atom is -0.109 e. The van der Waals surface area contributed by atoms with Gasteiger partial charge in [-0.25, -0.2) is 0 Å². The van der Waals surface area contributed by atoms with Crippen molar-refractivity contribution in [3.63, 3.8) is 0 Å². The molecule has 0 saturated carbocycles. The number of halogens is 2. The summed E-state index contributed by atoms with van der Waals surface area (Å²) in [5, 5.41) is 6.13. The molecule has 0 spiro atoms. The van der Waals surface area contributed by atoms with Crippen LogP contribution in [0.25, 0.3) is 0 Å². The minimum atomic E-state index is -0.309. The SMILES string of the molecule is ClCCl.c1ccc(P(CCCP(c2ccccc2)c2ccccc2)c2ccccc2)cc1. The molecule has 0 unspecified atom stereocenters. The second-order valence-electron chi connectivity index (χ2n) is 7.10. The molecule has 0 N–H and O–H groups in total. The van der Waals surface area contributed by atoms with E-state index < -0.39 is 0 Å². The summed E-state index contributed by atoms with van der Waals surface area (Å²) in [6, 6.07) is 44.3. The fourth-order valence-electron chi connectivity index (χ4n) is 3.63. The number of hydrogen-bond donors (Lipinski definition) is 0. The third-order valence-corrected chi connectivity index (χ3v) is 10.2. The molecule has 0 fully saturated rings. The first-order valence-electron chi connectivity index (χ1n) is 10.7. The van der Waals surface area contributed by atoms with Crippen LogP contribution in [-0.4, -0.2) is 17.7 Å². The zero-order valence-corrected chi connectivity index (χ0v) is 21.3. The highest BCUT2D eigenvalue weighted by Gasteiger charge is 2.17. The highest BCUT2D eigenvalue weighted by Crippen LogP contribution is 2.39. The third-order valence-electron chi connectivity index (χ3n) is 5.03. The number of alkyl halides is 2. The molecule has 0 aliphatic heterocycles. The van der Waals surface area contributed by atoms with E-state index in [1.54, 1.807) is 0 Å². The molecule has 32 heavy (non-hydrogen) atoms. The second kappa shape index (κ2) is 14.5. The van der Waals surface area contributed by atoms with Crippen LogP contribution in [-0.2, 0) is 0 Å². The molecule has 4 aromatic rings. The van der Waals surface area contributed by atoms with Gasteiger partial charge < -0.3 is 0 Å². The van der Waals surface area contributed by atoms with E-state index in [1.807, 2.05) is 0 Å². The summed E-state index contributed by atoms with van der Waals surface area (Å²) < 4.78 is 0. The lowest BCUT2D eigenvalue weighted by Gasteiger charge is -2.22. The van der Waals surface area contributed by atoms with Crippen molar-refractivity contribution in [1.29, 1.82) is 0 Å². The van der Waals surface area contributed by atoms with Gasteiger partial charge in [0.1, 0.15) is 0 Å². The fourth-order valence-corrected chi connectivity index (χ4v) is 8.59.